The molecule has 0 radical (unpaired) electrons. The molecule has 0 saturated carbocycles. The lowest BCUT2D eigenvalue weighted by Gasteiger charge is -2.00. The van der Waals surface area contributed by atoms with Crippen LogP contribution in [0.25, 0.3) is 10.6 Å². The predicted octanol–water partition coefficient (Wildman–Crippen LogP) is 3.96. The van der Waals surface area contributed by atoms with Gasteiger partial charge in [0.25, 0.3) is 0 Å². The van der Waals surface area contributed by atoms with Gasteiger partial charge in [0.1, 0.15) is 5.69 Å². The summed E-state index contributed by atoms with van der Waals surface area (Å²) < 4.78 is 7.01. The molecule has 0 bridgehead atoms. The van der Waals surface area contributed by atoms with Crippen molar-refractivity contribution in [3.63, 3.8) is 0 Å². The van der Waals surface area contributed by atoms with Crippen LogP contribution in [0.1, 0.15) is 16.8 Å². The molecule has 4 heterocycles. The molecule has 1 N–H and O–H groups in total. The van der Waals surface area contributed by atoms with Crippen LogP contribution >= 0.6 is 11.3 Å². The number of hydrogen-bond donors (Lipinski definition) is 1. The van der Waals surface area contributed by atoms with Crippen molar-refractivity contribution in [3.05, 3.63) is 72.2 Å². The van der Waals surface area contributed by atoms with Crippen molar-refractivity contribution in [1.82, 2.24) is 19.7 Å². The number of furan rings is 1. The molecule has 0 aliphatic carbocycles. The van der Waals surface area contributed by atoms with Gasteiger partial charge in [0.05, 0.1) is 29.6 Å². The van der Waals surface area contributed by atoms with Gasteiger partial charge in [-0.2, -0.15) is 5.10 Å². The molecule has 0 aromatic carbocycles. The van der Waals surface area contributed by atoms with Crippen LogP contribution in [-0.4, -0.2) is 19.7 Å². The van der Waals surface area contributed by atoms with Gasteiger partial charge in [-0.1, -0.05) is 11.3 Å². The van der Waals surface area contributed by atoms with E-state index < -0.39 is 0 Å². The molecular weight excluding hydrogens is 334 g/mol. The first-order valence-corrected chi connectivity index (χ1v) is 8.75. The molecule has 25 heavy (non-hydrogen) atoms. The van der Waals surface area contributed by atoms with Gasteiger partial charge in [0.15, 0.2) is 5.13 Å². The number of pyridine rings is 1. The molecule has 4 rings (SSSR count). The van der Waals surface area contributed by atoms with Crippen LogP contribution in [0.3, 0.4) is 0 Å². The predicted molar refractivity (Wildman–Crippen MR) is 97.4 cm³/mol. The van der Waals surface area contributed by atoms with E-state index in [1.54, 1.807) is 36.3 Å². The van der Waals surface area contributed by atoms with E-state index >= 15 is 0 Å². The average Bonchev–Trinajstić information content (AvgIpc) is 3.35. The first kappa shape index (κ1) is 15.6. The van der Waals surface area contributed by atoms with Crippen LogP contribution in [0.4, 0.5) is 5.13 Å². The standard InChI is InChI=1S/C18H17N5OS/c1-13-17(25-18(21-13)20-10-15-5-9-24-12-15)16-4-8-23(22-16)11-14-2-6-19-7-3-14/h2-9,12H,10-11H2,1H3,(H,20,21). The number of rotatable bonds is 6. The van der Waals surface area contributed by atoms with Crippen molar-refractivity contribution in [2.24, 2.45) is 0 Å². The van der Waals surface area contributed by atoms with Gasteiger partial charge < -0.3 is 9.73 Å². The Bertz CT molecular complexity index is 943. The summed E-state index contributed by atoms with van der Waals surface area (Å²) in [5.74, 6) is 0. The molecule has 7 heteroatoms. The molecule has 0 aliphatic heterocycles. The van der Waals surface area contributed by atoms with Crippen molar-refractivity contribution in [1.29, 1.82) is 0 Å². The van der Waals surface area contributed by atoms with Crippen molar-refractivity contribution in [3.8, 4) is 10.6 Å². The van der Waals surface area contributed by atoms with E-state index in [9.17, 15) is 0 Å². The summed E-state index contributed by atoms with van der Waals surface area (Å²) in [4.78, 5) is 9.73. The maximum Gasteiger partial charge on any atom is 0.183 e. The maximum atomic E-state index is 5.08. The monoisotopic (exact) mass is 351 g/mol. The highest BCUT2D eigenvalue weighted by Gasteiger charge is 2.12. The van der Waals surface area contributed by atoms with Crippen LogP contribution < -0.4 is 5.32 Å². The molecule has 0 fully saturated rings. The maximum absolute atomic E-state index is 5.08. The molecule has 0 atom stereocenters. The fraction of sp³-hybridized carbons (Fsp3) is 0.167. The van der Waals surface area contributed by atoms with Gasteiger partial charge in [0.2, 0.25) is 0 Å². The minimum absolute atomic E-state index is 0.694. The highest BCUT2D eigenvalue weighted by atomic mass is 32.1. The largest absolute Gasteiger partial charge is 0.472 e. The van der Waals surface area contributed by atoms with E-state index in [4.69, 9.17) is 4.42 Å². The highest BCUT2D eigenvalue weighted by molar-refractivity contribution is 7.19. The van der Waals surface area contributed by atoms with E-state index in [0.29, 0.717) is 6.54 Å². The fourth-order valence-corrected chi connectivity index (χ4v) is 3.45. The molecule has 0 saturated heterocycles. The quantitative estimate of drug-likeness (QED) is 0.569. The number of nitrogens with zero attached hydrogens (tertiary/aromatic N) is 4. The number of hydrogen-bond acceptors (Lipinski definition) is 6. The molecule has 4 aromatic rings. The van der Waals surface area contributed by atoms with Gasteiger partial charge >= 0.3 is 0 Å². The summed E-state index contributed by atoms with van der Waals surface area (Å²) >= 11 is 1.62. The molecule has 0 unspecified atom stereocenters. The Balaban J connectivity index is 1.48. The summed E-state index contributed by atoms with van der Waals surface area (Å²) in [5.41, 5.74) is 4.19. The van der Waals surface area contributed by atoms with Gasteiger partial charge in [-0.25, -0.2) is 4.98 Å². The minimum Gasteiger partial charge on any atom is -0.472 e. The molecule has 6 nitrogen and oxygen atoms in total. The normalized spacial score (nSPS) is 10.9. The molecular formula is C18H17N5OS. The Hall–Kier alpha value is -2.93. The first-order valence-electron chi connectivity index (χ1n) is 7.93. The molecule has 0 amide bonds. The Kier molecular flexibility index (Phi) is 4.30. The average molecular weight is 351 g/mol. The van der Waals surface area contributed by atoms with Gasteiger partial charge in [-0.15, -0.1) is 0 Å². The lowest BCUT2D eigenvalue weighted by molar-refractivity contribution is 0.564. The van der Waals surface area contributed by atoms with Crippen LogP contribution in [0.5, 0.6) is 0 Å². The summed E-state index contributed by atoms with van der Waals surface area (Å²) in [6, 6.07) is 7.96. The number of anilines is 1. The molecule has 4 aromatic heterocycles. The Morgan fingerprint density at radius 3 is 2.84 bits per heavy atom. The molecule has 126 valence electrons. The van der Waals surface area contributed by atoms with Crippen LogP contribution in [0.2, 0.25) is 0 Å². The summed E-state index contributed by atoms with van der Waals surface area (Å²) in [6.07, 6.45) is 8.99. The van der Waals surface area contributed by atoms with E-state index in [0.717, 1.165) is 33.5 Å². The summed E-state index contributed by atoms with van der Waals surface area (Å²) in [5, 5.41) is 8.90. The van der Waals surface area contributed by atoms with Gasteiger partial charge in [0, 0.05) is 30.7 Å². The second-order valence-electron chi connectivity index (χ2n) is 5.67. The van der Waals surface area contributed by atoms with Gasteiger partial charge in [-0.3, -0.25) is 9.67 Å². The highest BCUT2D eigenvalue weighted by Crippen LogP contribution is 2.31. The number of thiazole rings is 1. The fourth-order valence-electron chi connectivity index (χ4n) is 2.53. The smallest absolute Gasteiger partial charge is 0.183 e. The third-order valence-electron chi connectivity index (χ3n) is 3.79. The van der Waals surface area contributed by atoms with Crippen LogP contribution in [0.15, 0.2) is 59.8 Å². The zero-order chi connectivity index (χ0) is 17.1. The van der Waals surface area contributed by atoms with Crippen molar-refractivity contribution >= 4 is 16.5 Å². The zero-order valence-corrected chi connectivity index (χ0v) is 14.5. The molecule has 0 spiro atoms. The Morgan fingerprint density at radius 1 is 1.16 bits per heavy atom. The van der Waals surface area contributed by atoms with Crippen molar-refractivity contribution < 1.29 is 4.42 Å². The Labute approximate surface area is 149 Å². The van der Waals surface area contributed by atoms with Gasteiger partial charge in [-0.05, 0) is 36.8 Å². The molecule has 0 aliphatic rings. The SMILES string of the molecule is Cc1nc(NCc2ccoc2)sc1-c1ccn(Cc2ccncc2)n1. The van der Waals surface area contributed by atoms with Crippen molar-refractivity contribution in [2.75, 3.05) is 5.32 Å². The van der Waals surface area contributed by atoms with Crippen LogP contribution in [0, 0.1) is 6.92 Å². The third kappa shape index (κ3) is 3.61. The second-order valence-corrected chi connectivity index (χ2v) is 6.67. The second kappa shape index (κ2) is 6.90. The first-order chi connectivity index (χ1) is 12.3. The zero-order valence-electron chi connectivity index (χ0n) is 13.7. The Morgan fingerprint density at radius 2 is 2.04 bits per heavy atom. The van der Waals surface area contributed by atoms with E-state index in [-0.39, 0.29) is 0 Å². The van der Waals surface area contributed by atoms with E-state index in [1.165, 1.54) is 5.56 Å². The lowest BCUT2D eigenvalue weighted by Crippen LogP contribution is -2.00. The van der Waals surface area contributed by atoms with E-state index in [1.807, 2.05) is 42.1 Å². The number of nitrogens with one attached hydrogen (secondary N) is 1. The number of aryl methyl sites for hydroxylation is 1. The van der Waals surface area contributed by atoms with E-state index in [2.05, 4.69) is 20.4 Å². The topological polar surface area (TPSA) is 68.8 Å². The minimum atomic E-state index is 0.694. The van der Waals surface area contributed by atoms with Crippen molar-refractivity contribution in [2.45, 2.75) is 20.0 Å². The summed E-state index contributed by atoms with van der Waals surface area (Å²) in [6.45, 7) is 3.43. The van der Waals surface area contributed by atoms with Crippen LogP contribution in [-0.2, 0) is 13.1 Å². The lowest BCUT2D eigenvalue weighted by atomic mass is 10.3. The summed E-state index contributed by atoms with van der Waals surface area (Å²) in [7, 11) is 0. The third-order valence-corrected chi connectivity index (χ3v) is 4.93. The number of aromatic nitrogens is 4.